The fourth-order valence-corrected chi connectivity index (χ4v) is 2.75. The van der Waals surface area contributed by atoms with Crippen LogP contribution in [-0.2, 0) is 19.4 Å². The number of carbonyl (C=O) groups is 1. The van der Waals surface area contributed by atoms with Gasteiger partial charge in [0.15, 0.2) is 14.6 Å². The molecule has 17 heavy (non-hydrogen) atoms. The highest BCUT2D eigenvalue weighted by atomic mass is 32.2. The summed E-state index contributed by atoms with van der Waals surface area (Å²) in [5.41, 5.74) is 0.958. The van der Waals surface area contributed by atoms with E-state index in [1.54, 1.807) is 12.1 Å². The number of benzene rings is 1. The molecule has 4 nitrogen and oxygen atoms in total. The molecule has 0 saturated heterocycles. The Morgan fingerprint density at radius 2 is 1.65 bits per heavy atom. The number of hydrogen-bond donors (Lipinski definition) is 0. The van der Waals surface area contributed by atoms with Gasteiger partial charge in [-0.3, -0.25) is 4.79 Å². The normalized spacial score (nSPS) is 12.2. The van der Waals surface area contributed by atoms with E-state index in [9.17, 15) is 13.2 Å². The number of aryl methyl sites for hydroxylation is 1. The highest BCUT2D eigenvalue weighted by Gasteiger charge is 2.43. The number of sulfone groups is 1. The zero-order valence-electron chi connectivity index (χ0n) is 10.4. The first kappa shape index (κ1) is 13.7. The third-order valence-electron chi connectivity index (χ3n) is 2.68. The van der Waals surface area contributed by atoms with E-state index >= 15 is 0 Å². The van der Waals surface area contributed by atoms with Gasteiger partial charge in [0.2, 0.25) is 0 Å². The number of hydrogen-bond acceptors (Lipinski definition) is 4. The molecule has 0 N–H and O–H groups in total. The fourth-order valence-electron chi connectivity index (χ4n) is 1.37. The topological polar surface area (TPSA) is 60.4 Å². The minimum absolute atomic E-state index is 0.124. The third-order valence-corrected chi connectivity index (χ3v) is 5.08. The number of ether oxygens (including phenoxy) is 1. The standard InChI is InChI=1S/C12H16O4S/c1-9-5-7-10(8-6-9)17(14,15)12(2,3)11(13)16-4/h5-8H,1-4H3. The summed E-state index contributed by atoms with van der Waals surface area (Å²) in [7, 11) is -2.57. The average Bonchev–Trinajstić information content (AvgIpc) is 2.28. The summed E-state index contributed by atoms with van der Waals surface area (Å²) in [5.74, 6) is -0.766. The Hall–Kier alpha value is -1.36. The van der Waals surface area contributed by atoms with E-state index in [0.717, 1.165) is 5.56 Å². The van der Waals surface area contributed by atoms with E-state index in [4.69, 9.17) is 0 Å². The Kier molecular flexibility index (Phi) is 3.62. The molecule has 0 aliphatic carbocycles. The van der Waals surface area contributed by atoms with Crippen LogP contribution in [0.25, 0.3) is 0 Å². The van der Waals surface area contributed by atoms with Crippen LogP contribution < -0.4 is 0 Å². The lowest BCUT2D eigenvalue weighted by Crippen LogP contribution is -2.41. The zero-order valence-corrected chi connectivity index (χ0v) is 11.2. The second kappa shape index (κ2) is 4.49. The van der Waals surface area contributed by atoms with Crippen LogP contribution in [0.3, 0.4) is 0 Å². The van der Waals surface area contributed by atoms with E-state index in [2.05, 4.69) is 4.74 Å². The molecule has 0 saturated carbocycles. The van der Waals surface area contributed by atoms with Crippen molar-refractivity contribution in [3.63, 3.8) is 0 Å². The van der Waals surface area contributed by atoms with Crippen LogP contribution in [0.15, 0.2) is 29.2 Å². The summed E-state index contributed by atoms with van der Waals surface area (Å²) in [6.45, 7) is 4.55. The van der Waals surface area contributed by atoms with E-state index in [1.165, 1.54) is 33.1 Å². The van der Waals surface area contributed by atoms with Crippen molar-refractivity contribution in [1.29, 1.82) is 0 Å². The van der Waals surface area contributed by atoms with Gasteiger partial charge >= 0.3 is 5.97 Å². The van der Waals surface area contributed by atoms with Crippen LogP contribution >= 0.6 is 0 Å². The minimum Gasteiger partial charge on any atom is -0.468 e. The van der Waals surface area contributed by atoms with Crippen LogP contribution in [0, 0.1) is 6.92 Å². The van der Waals surface area contributed by atoms with Crippen molar-refractivity contribution < 1.29 is 17.9 Å². The van der Waals surface area contributed by atoms with E-state index in [1.807, 2.05) is 6.92 Å². The van der Waals surface area contributed by atoms with Gasteiger partial charge < -0.3 is 4.74 Å². The van der Waals surface area contributed by atoms with Gasteiger partial charge in [-0.2, -0.15) is 0 Å². The fraction of sp³-hybridized carbons (Fsp3) is 0.417. The monoisotopic (exact) mass is 256 g/mol. The molecule has 5 heteroatoms. The molecule has 0 fully saturated rings. The Labute approximate surface area is 102 Å². The van der Waals surface area contributed by atoms with E-state index in [0.29, 0.717) is 0 Å². The largest absolute Gasteiger partial charge is 0.468 e. The van der Waals surface area contributed by atoms with Crippen molar-refractivity contribution in [1.82, 2.24) is 0 Å². The zero-order chi connectivity index (χ0) is 13.3. The molecular weight excluding hydrogens is 240 g/mol. The summed E-state index contributed by atoms with van der Waals surface area (Å²) in [4.78, 5) is 11.6. The highest BCUT2D eigenvalue weighted by molar-refractivity contribution is 7.93. The van der Waals surface area contributed by atoms with E-state index in [-0.39, 0.29) is 4.90 Å². The molecule has 1 aromatic rings. The van der Waals surface area contributed by atoms with Gasteiger partial charge in [0.25, 0.3) is 0 Å². The maximum atomic E-state index is 12.3. The first-order chi connectivity index (χ1) is 7.73. The summed E-state index contributed by atoms with van der Waals surface area (Å²) in [6, 6.07) is 6.38. The molecule has 1 aromatic carbocycles. The molecule has 0 unspecified atom stereocenters. The summed E-state index contributed by atoms with van der Waals surface area (Å²) in [5, 5.41) is 0. The van der Waals surface area contributed by atoms with Gasteiger partial charge in [-0.1, -0.05) is 17.7 Å². The Bertz CT molecular complexity index is 512. The van der Waals surface area contributed by atoms with Crippen molar-refractivity contribution in [3.8, 4) is 0 Å². The van der Waals surface area contributed by atoms with Crippen molar-refractivity contribution in [3.05, 3.63) is 29.8 Å². The minimum atomic E-state index is -3.74. The Balaban J connectivity index is 3.29. The molecule has 1 rings (SSSR count). The van der Waals surface area contributed by atoms with Crippen LogP contribution in [-0.4, -0.2) is 26.2 Å². The van der Waals surface area contributed by atoms with Crippen molar-refractivity contribution in [2.75, 3.05) is 7.11 Å². The maximum absolute atomic E-state index is 12.3. The molecule has 0 aliphatic heterocycles. The molecule has 0 aromatic heterocycles. The average molecular weight is 256 g/mol. The Morgan fingerprint density at radius 3 is 2.06 bits per heavy atom. The second-order valence-corrected chi connectivity index (χ2v) is 6.82. The number of rotatable bonds is 3. The van der Waals surface area contributed by atoms with Crippen LogP contribution in [0.1, 0.15) is 19.4 Å². The molecule has 0 spiro atoms. The molecule has 0 bridgehead atoms. The molecule has 0 atom stereocenters. The first-order valence-electron chi connectivity index (χ1n) is 5.13. The van der Waals surface area contributed by atoms with Gasteiger partial charge in [0.1, 0.15) is 0 Å². The van der Waals surface area contributed by atoms with Crippen molar-refractivity contribution in [2.24, 2.45) is 0 Å². The molecule has 0 aliphatic rings. The number of carbonyl (C=O) groups excluding carboxylic acids is 1. The lowest BCUT2D eigenvalue weighted by atomic mass is 10.2. The van der Waals surface area contributed by atoms with Gasteiger partial charge in [0.05, 0.1) is 12.0 Å². The molecular formula is C12H16O4S. The quantitative estimate of drug-likeness (QED) is 0.773. The van der Waals surface area contributed by atoms with Crippen LogP contribution in [0.4, 0.5) is 0 Å². The van der Waals surface area contributed by atoms with Crippen molar-refractivity contribution in [2.45, 2.75) is 30.4 Å². The van der Waals surface area contributed by atoms with Crippen LogP contribution in [0.2, 0.25) is 0 Å². The number of esters is 1. The van der Waals surface area contributed by atoms with Gasteiger partial charge in [0, 0.05) is 0 Å². The Morgan fingerprint density at radius 1 is 1.18 bits per heavy atom. The molecule has 94 valence electrons. The molecule has 0 radical (unpaired) electrons. The lowest BCUT2D eigenvalue weighted by molar-refractivity contribution is -0.142. The van der Waals surface area contributed by atoms with Gasteiger partial charge in [-0.15, -0.1) is 0 Å². The summed E-state index contributed by atoms with van der Waals surface area (Å²) in [6.07, 6.45) is 0. The third kappa shape index (κ3) is 2.34. The summed E-state index contributed by atoms with van der Waals surface area (Å²) >= 11 is 0. The second-order valence-electron chi connectivity index (χ2n) is 4.32. The van der Waals surface area contributed by atoms with Crippen LogP contribution in [0.5, 0.6) is 0 Å². The highest BCUT2D eigenvalue weighted by Crippen LogP contribution is 2.26. The van der Waals surface area contributed by atoms with Crippen molar-refractivity contribution >= 4 is 15.8 Å². The SMILES string of the molecule is COC(=O)C(C)(C)S(=O)(=O)c1ccc(C)cc1. The smallest absolute Gasteiger partial charge is 0.327 e. The first-order valence-corrected chi connectivity index (χ1v) is 6.61. The predicted octanol–water partition coefficient (Wildman–Crippen LogP) is 1.72. The van der Waals surface area contributed by atoms with Gasteiger partial charge in [-0.25, -0.2) is 8.42 Å². The summed E-state index contributed by atoms with van der Waals surface area (Å²) < 4.78 is 27.5. The molecule has 0 amide bonds. The molecule has 0 heterocycles. The maximum Gasteiger partial charge on any atom is 0.327 e. The van der Waals surface area contributed by atoms with E-state index < -0.39 is 20.6 Å². The van der Waals surface area contributed by atoms with Gasteiger partial charge in [-0.05, 0) is 32.9 Å². The number of methoxy groups -OCH3 is 1. The lowest BCUT2D eigenvalue weighted by Gasteiger charge is -2.21. The predicted molar refractivity (Wildman–Crippen MR) is 64.5 cm³/mol.